The van der Waals surface area contributed by atoms with E-state index in [0.717, 1.165) is 0 Å². The van der Waals surface area contributed by atoms with Gasteiger partial charge in [-0.2, -0.15) is 0 Å². The molecule has 0 radical (unpaired) electrons. The molecule has 0 bridgehead atoms. The maximum absolute atomic E-state index is 2.61. The second kappa shape index (κ2) is 7.10. The van der Waals surface area contributed by atoms with E-state index in [1.54, 1.807) is 3.27 Å². The Bertz CT molecular complexity index is 770. The third-order valence-electron chi connectivity index (χ3n) is 4.61. The standard InChI is InChI=1S/C16H24Si2.C6H5.Bi/c1-17(2,3)13-11-15-9-7-8-10-16(15)12-14-18(4,5)6;1-2-4-6-5-3-1;/h7-12H,1-6H3;1-5H;. The molecule has 2 aromatic rings. The van der Waals surface area contributed by atoms with E-state index in [2.05, 4.69) is 106 Å². The first-order valence-corrected chi connectivity index (χ1v) is 21.3. The van der Waals surface area contributed by atoms with Crippen molar-refractivity contribution in [1.82, 2.24) is 0 Å². The van der Waals surface area contributed by atoms with Crippen LogP contribution in [0.4, 0.5) is 0 Å². The molecule has 0 spiro atoms. The molecule has 0 aromatic heterocycles. The Morgan fingerprint density at radius 2 is 0.960 bits per heavy atom. The third kappa shape index (κ3) is 4.15. The molecule has 1 aliphatic rings. The topological polar surface area (TPSA) is 0 Å². The molecule has 0 atom stereocenters. The van der Waals surface area contributed by atoms with Gasteiger partial charge in [0.15, 0.2) is 0 Å². The van der Waals surface area contributed by atoms with Gasteiger partial charge in [-0.1, -0.05) is 0 Å². The van der Waals surface area contributed by atoms with Crippen molar-refractivity contribution in [3.63, 3.8) is 0 Å². The fourth-order valence-corrected chi connectivity index (χ4v) is 33.9. The summed E-state index contributed by atoms with van der Waals surface area (Å²) in [6.07, 6.45) is 5.21. The van der Waals surface area contributed by atoms with E-state index in [1.165, 1.54) is 11.1 Å². The van der Waals surface area contributed by atoms with Crippen molar-refractivity contribution in [1.29, 1.82) is 0 Å². The van der Waals surface area contributed by atoms with Gasteiger partial charge in [0.05, 0.1) is 0 Å². The van der Waals surface area contributed by atoms with Crippen LogP contribution in [0.3, 0.4) is 0 Å². The van der Waals surface area contributed by atoms with E-state index in [0.29, 0.717) is 0 Å². The van der Waals surface area contributed by atoms with Crippen molar-refractivity contribution in [3.05, 3.63) is 71.5 Å². The van der Waals surface area contributed by atoms with Crippen LogP contribution in [0.2, 0.25) is 39.3 Å². The van der Waals surface area contributed by atoms with Gasteiger partial charge in [0.1, 0.15) is 0 Å². The Labute approximate surface area is 163 Å². The minimum absolute atomic E-state index is 1.39. The molecule has 130 valence electrons. The van der Waals surface area contributed by atoms with Gasteiger partial charge in [0.25, 0.3) is 0 Å². The average molecular weight is 559 g/mol. The summed E-state index contributed by atoms with van der Waals surface area (Å²) in [5.41, 5.74) is 2.87. The quantitative estimate of drug-likeness (QED) is 0.424. The Morgan fingerprint density at radius 1 is 0.560 bits per heavy atom. The Morgan fingerprint density at radius 3 is 1.36 bits per heavy atom. The zero-order valence-corrected chi connectivity index (χ0v) is 21.8. The zero-order chi connectivity index (χ0) is 18.2. The molecule has 1 aliphatic heterocycles. The van der Waals surface area contributed by atoms with Gasteiger partial charge in [0, 0.05) is 0 Å². The molecule has 3 heteroatoms. The van der Waals surface area contributed by atoms with Gasteiger partial charge in [-0.15, -0.1) is 0 Å². The molecule has 0 aliphatic carbocycles. The number of fused-ring (bicyclic) bond motifs is 1. The first-order valence-electron chi connectivity index (χ1n) is 9.06. The molecule has 3 rings (SSSR count). The average Bonchev–Trinajstić information content (AvgIpc) is 2.72. The Kier molecular flexibility index (Phi) is 5.40. The maximum atomic E-state index is 2.61. The number of rotatable bonds is 3. The van der Waals surface area contributed by atoms with Crippen LogP contribution in [-0.4, -0.2) is 37.9 Å². The van der Waals surface area contributed by atoms with Gasteiger partial charge >= 0.3 is 164 Å². The van der Waals surface area contributed by atoms with Crippen LogP contribution in [0.25, 0.3) is 12.2 Å². The van der Waals surface area contributed by atoms with Crippen LogP contribution in [0, 0.1) is 0 Å². The van der Waals surface area contributed by atoms with Gasteiger partial charge in [-0.25, -0.2) is 0 Å². The number of benzene rings is 2. The number of hydrogen-bond donors (Lipinski definition) is 0. The molecule has 0 saturated heterocycles. The van der Waals surface area contributed by atoms with Crippen molar-refractivity contribution < 1.29 is 0 Å². The second-order valence-electron chi connectivity index (χ2n) is 8.86. The summed E-state index contributed by atoms with van der Waals surface area (Å²) in [4.78, 5) is 0. The SMILES string of the molecule is C[Si](C)(C)[C]1=Cc2ccccc2C=[C]([Si](C)(C)C)[Bi]1[c]1ccccc1. The second-order valence-corrected chi connectivity index (χ2v) is 30.7. The predicted molar refractivity (Wildman–Crippen MR) is 121 cm³/mol. The fraction of sp³-hybridized carbons (Fsp3) is 0.273. The molecule has 0 fully saturated rings. The normalized spacial score (nSPS) is 15.9. The minimum atomic E-state index is -2.18. The molecule has 0 saturated carbocycles. The Balaban J connectivity index is 2.35. The van der Waals surface area contributed by atoms with Crippen molar-refractivity contribution in [2.45, 2.75) is 39.3 Å². The Hall–Kier alpha value is -0.763. The molecular weight excluding hydrogens is 529 g/mol. The molecular formula is C22H29BiSi2. The summed E-state index contributed by atoms with van der Waals surface area (Å²) in [6, 6.07) is 20.5. The first-order chi connectivity index (χ1) is 11.7. The summed E-state index contributed by atoms with van der Waals surface area (Å²) in [5, 5.41) is 0. The van der Waals surface area contributed by atoms with E-state index >= 15 is 0 Å². The van der Waals surface area contributed by atoms with Crippen molar-refractivity contribution in [2.75, 3.05) is 0 Å². The van der Waals surface area contributed by atoms with Gasteiger partial charge < -0.3 is 0 Å². The summed E-state index contributed by atoms with van der Waals surface area (Å²) < 4.78 is 5.40. The zero-order valence-electron chi connectivity index (χ0n) is 16.3. The van der Waals surface area contributed by atoms with Gasteiger partial charge in [-0.3, -0.25) is 0 Å². The summed E-state index contributed by atoms with van der Waals surface area (Å²) in [5.74, 6) is 0. The molecule has 1 heterocycles. The molecule has 0 N–H and O–H groups in total. The molecule has 25 heavy (non-hydrogen) atoms. The monoisotopic (exact) mass is 558 g/mol. The van der Waals surface area contributed by atoms with Crippen LogP contribution in [0.5, 0.6) is 0 Å². The molecule has 0 unspecified atom stereocenters. The van der Waals surface area contributed by atoms with Crippen molar-refractivity contribution >= 4 is 53.3 Å². The third-order valence-corrected chi connectivity index (χ3v) is 35.5. The van der Waals surface area contributed by atoms with Crippen LogP contribution in [-0.2, 0) is 0 Å². The van der Waals surface area contributed by atoms with Crippen LogP contribution < -0.4 is 3.27 Å². The van der Waals surface area contributed by atoms with Crippen LogP contribution in [0.15, 0.2) is 60.4 Å². The molecule has 2 aromatic carbocycles. The molecule has 0 amide bonds. The van der Waals surface area contributed by atoms with E-state index in [-0.39, 0.29) is 0 Å². The van der Waals surface area contributed by atoms with E-state index in [4.69, 9.17) is 0 Å². The van der Waals surface area contributed by atoms with E-state index in [1.807, 2.05) is 5.81 Å². The number of hydrogen-bond acceptors (Lipinski definition) is 0. The van der Waals surface area contributed by atoms with E-state index in [9.17, 15) is 0 Å². The van der Waals surface area contributed by atoms with E-state index < -0.39 is 37.9 Å². The van der Waals surface area contributed by atoms with Gasteiger partial charge in [-0.05, 0) is 0 Å². The summed E-state index contributed by atoms with van der Waals surface area (Å²) >= 11 is -2.18. The summed E-state index contributed by atoms with van der Waals surface area (Å²) in [7, 11) is -2.78. The fourth-order valence-electron chi connectivity index (χ4n) is 3.29. The predicted octanol–water partition coefficient (Wildman–Crippen LogP) is 5.70. The first kappa shape index (κ1) is 19.0. The van der Waals surface area contributed by atoms with Crippen molar-refractivity contribution in [2.24, 2.45) is 0 Å². The van der Waals surface area contributed by atoms with Crippen LogP contribution in [0.1, 0.15) is 11.1 Å². The van der Waals surface area contributed by atoms with Crippen molar-refractivity contribution in [3.8, 4) is 0 Å². The van der Waals surface area contributed by atoms with Crippen LogP contribution >= 0.6 is 0 Å². The van der Waals surface area contributed by atoms with Gasteiger partial charge in [0.2, 0.25) is 0 Å². The summed E-state index contributed by atoms with van der Waals surface area (Å²) in [6.45, 7) is 15.2. The molecule has 0 nitrogen and oxygen atoms in total.